The summed E-state index contributed by atoms with van der Waals surface area (Å²) in [6, 6.07) is 11.5. The lowest BCUT2D eigenvalue weighted by molar-refractivity contribution is 0.390. The van der Waals surface area contributed by atoms with Crippen LogP contribution in [-0.2, 0) is 10.1 Å². The zero-order valence-electron chi connectivity index (χ0n) is 12.1. The molecule has 116 valence electrons. The van der Waals surface area contributed by atoms with Crippen LogP contribution in [-0.4, -0.2) is 15.5 Å². The van der Waals surface area contributed by atoms with Gasteiger partial charge in [-0.2, -0.15) is 8.42 Å². The van der Waals surface area contributed by atoms with Gasteiger partial charge in [0.25, 0.3) is 0 Å². The fourth-order valence-electron chi connectivity index (χ4n) is 1.86. The Kier molecular flexibility index (Phi) is 5.26. The third-order valence-electron chi connectivity index (χ3n) is 2.85. The molecule has 22 heavy (non-hydrogen) atoms. The van der Waals surface area contributed by atoms with Crippen molar-refractivity contribution >= 4 is 32.1 Å². The minimum Gasteiger partial charge on any atom is -0.493 e. The second-order valence-electron chi connectivity index (χ2n) is 4.38. The summed E-state index contributed by atoms with van der Waals surface area (Å²) in [6.45, 7) is 1.90. The summed E-state index contributed by atoms with van der Waals surface area (Å²) < 4.78 is 35.6. The molecule has 0 unspecified atom stereocenters. The van der Waals surface area contributed by atoms with Crippen LogP contribution in [0.1, 0.15) is 12.5 Å². The first-order valence-electron chi connectivity index (χ1n) is 6.47. The van der Waals surface area contributed by atoms with E-state index in [4.69, 9.17) is 8.92 Å². The fourth-order valence-corrected chi connectivity index (χ4v) is 3.76. The number of rotatable bonds is 5. The predicted octanol–water partition coefficient (Wildman–Crippen LogP) is 4.26. The smallest absolute Gasteiger partial charge is 0.340 e. The van der Waals surface area contributed by atoms with Crippen molar-refractivity contribution in [2.45, 2.75) is 11.8 Å². The maximum Gasteiger partial charge on any atom is 0.340 e. The maximum atomic E-state index is 12.4. The molecule has 0 aliphatic carbocycles. The van der Waals surface area contributed by atoms with E-state index in [9.17, 15) is 8.42 Å². The summed E-state index contributed by atoms with van der Waals surface area (Å²) in [5.41, 5.74) is 0.894. The van der Waals surface area contributed by atoms with Crippen molar-refractivity contribution in [3.8, 4) is 11.5 Å². The van der Waals surface area contributed by atoms with Gasteiger partial charge in [0.1, 0.15) is 4.90 Å². The number of allylic oxidation sites excluding steroid dienone is 1. The number of halogens is 1. The molecule has 0 aliphatic heterocycles. The molecule has 2 aromatic carbocycles. The van der Waals surface area contributed by atoms with E-state index in [2.05, 4.69) is 15.9 Å². The highest BCUT2D eigenvalue weighted by Crippen LogP contribution is 2.32. The van der Waals surface area contributed by atoms with Crippen LogP contribution in [0.25, 0.3) is 6.08 Å². The highest BCUT2D eigenvalue weighted by Gasteiger charge is 2.21. The highest BCUT2D eigenvalue weighted by atomic mass is 79.9. The Hall–Kier alpha value is -1.79. The minimum absolute atomic E-state index is 0.0644. The van der Waals surface area contributed by atoms with Crippen LogP contribution in [0.2, 0.25) is 0 Å². The molecule has 0 atom stereocenters. The summed E-state index contributed by atoms with van der Waals surface area (Å²) in [6.07, 6.45) is 3.77. The molecule has 0 N–H and O–H groups in total. The van der Waals surface area contributed by atoms with Crippen molar-refractivity contribution in [3.63, 3.8) is 0 Å². The van der Waals surface area contributed by atoms with Gasteiger partial charge in [0, 0.05) is 4.47 Å². The van der Waals surface area contributed by atoms with E-state index in [0.29, 0.717) is 10.2 Å². The molecule has 0 saturated heterocycles. The largest absolute Gasteiger partial charge is 0.493 e. The Morgan fingerprint density at radius 2 is 1.82 bits per heavy atom. The molecule has 0 bridgehead atoms. The normalized spacial score (nSPS) is 11.6. The summed E-state index contributed by atoms with van der Waals surface area (Å²) in [5, 5.41) is 0. The van der Waals surface area contributed by atoms with Crippen LogP contribution in [0.5, 0.6) is 11.5 Å². The van der Waals surface area contributed by atoms with Gasteiger partial charge in [-0.15, -0.1) is 0 Å². The van der Waals surface area contributed by atoms with Gasteiger partial charge in [-0.1, -0.05) is 30.4 Å². The van der Waals surface area contributed by atoms with E-state index in [1.807, 2.05) is 19.1 Å². The number of hydrogen-bond donors (Lipinski definition) is 0. The van der Waals surface area contributed by atoms with E-state index in [1.54, 1.807) is 36.4 Å². The van der Waals surface area contributed by atoms with Gasteiger partial charge in [-0.3, -0.25) is 0 Å². The number of methoxy groups -OCH3 is 1. The monoisotopic (exact) mass is 382 g/mol. The molecule has 0 heterocycles. The lowest BCUT2D eigenvalue weighted by Gasteiger charge is -2.12. The van der Waals surface area contributed by atoms with Gasteiger partial charge in [0.05, 0.1) is 7.11 Å². The first kappa shape index (κ1) is 16.6. The minimum atomic E-state index is -3.95. The van der Waals surface area contributed by atoms with Crippen molar-refractivity contribution in [2.75, 3.05) is 7.11 Å². The molecule has 0 amide bonds. The first-order chi connectivity index (χ1) is 10.5. The Morgan fingerprint density at radius 3 is 2.45 bits per heavy atom. The second-order valence-corrected chi connectivity index (χ2v) is 6.75. The average Bonchev–Trinajstić information content (AvgIpc) is 2.49. The summed E-state index contributed by atoms with van der Waals surface area (Å²) in [5.74, 6) is 0.498. The Bertz CT molecular complexity index is 798. The Labute approximate surface area is 138 Å². The Balaban J connectivity index is 2.40. The van der Waals surface area contributed by atoms with E-state index in [-0.39, 0.29) is 10.6 Å². The molecule has 6 heteroatoms. The second kappa shape index (κ2) is 6.98. The zero-order chi connectivity index (χ0) is 16.2. The van der Waals surface area contributed by atoms with Crippen LogP contribution >= 0.6 is 15.9 Å². The van der Waals surface area contributed by atoms with Crippen molar-refractivity contribution in [2.24, 2.45) is 0 Å². The number of hydrogen-bond acceptors (Lipinski definition) is 4. The molecule has 2 aromatic rings. The van der Waals surface area contributed by atoms with Crippen molar-refractivity contribution < 1.29 is 17.3 Å². The third-order valence-corrected chi connectivity index (χ3v) is 5.10. The average molecular weight is 383 g/mol. The molecule has 0 aromatic heterocycles. The quantitative estimate of drug-likeness (QED) is 0.724. The van der Waals surface area contributed by atoms with Gasteiger partial charge in [-0.05, 0) is 52.7 Å². The topological polar surface area (TPSA) is 52.6 Å². The van der Waals surface area contributed by atoms with Crippen molar-refractivity contribution in [3.05, 3.63) is 58.6 Å². The standard InChI is InChI=1S/C16H15BrO4S/c1-3-6-12-9-10-14(15(11-12)20-2)21-22(18,19)16-8-5-4-7-13(16)17/h3-11H,1-2H3/b6-3+. The van der Waals surface area contributed by atoms with E-state index in [1.165, 1.54) is 13.2 Å². The van der Waals surface area contributed by atoms with Crippen LogP contribution < -0.4 is 8.92 Å². The highest BCUT2D eigenvalue weighted by molar-refractivity contribution is 9.10. The first-order valence-corrected chi connectivity index (χ1v) is 8.68. The maximum absolute atomic E-state index is 12.4. The van der Waals surface area contributed by atoms with Gasteiger partial charge < -0.3 is 8.92 Å². The molecule has 2 rings (SSSR count). The molecule has 4 nitrogen and oxygen atoms in total. The third kappa shape index (κ3) is 3.69. The summed E-state index contributed by atoms with van der Waals surface area (Å²) in [7, 11) is -2.48. The zero-order valence-corrected chi connectivity index (χ0v) is 14.5. The summed E-state index contributed by atoms with van der Waals surface area (Å²) in [4.78, 5) is 0.0644. The van der Waals surface area contributed by atoms with Crippen molar-refractivity contribution in [1.82, 2.24) is 0 Å². The van der Waals surface area contributed by atoms with Crippen molar-refractivity contribution in [1.29, 1.82) is 0 Å². The van der Waals surface area contributed by atoms with Crippen LogP contribution in [0.4, 0.5) is 0 Å². The lowest BCUT2D eigenvalue weighted by Crippen LogP contribution is -2.11. The van der Waals surface area contributed by atoms with Gasteiger partial charge >= 0.3 is 10.1 Å². The molecule has 0 aliphatic rings. The molecule has 0 fully saturated rings. The predicted molar refractivity (Wildman–Crippen MR) is 89.7 cm³/mol. The van der Waals surface area contributed by atoms with Gasteiger partial charge in [0.15, 0.2) is 11.5 Å². The van der Waals surface area contributed by atoms with E-state index in [0.717, 1.165) is 5.56 Å². The summed E-state index contributed by atoms with van der Waals surface area (Å²) >= 11 is 3.21. The van der Waals surface area contributed by atoms with Crippen LogP contribution in [0.3, 0.4) is 0 Å². The molecule has 0 radical (unpaired) electrons. The SMILES string of the molecule is C/C=C/c1ccc(OS(=O)(=O)c2ccccc2Br)c(OC)c1. The van der Waals surface area contributed by atoms with Crippen LogP contribution in [0.15, 0.2) is 57.9 Å². The molecular weight excluding hydrogens is 368 g/mol. The molecule has 0 spiro atoms. The number of benzene rings is 2. The van der Waals surface area contributed by atoms with E-state index >= 15 is 0 Å². The van der Waals surface area contributed by atoms with Crippen LogP contribution in [0, 0.1) is 0 Å². The van der Waals surface area contributed by atoms with E-state index < -0.39 is 10.1 Å². The number of ether oxygens (including phenoxy) is 1. The molecular formula is C16H15BrO4S. The molecule has 0 saturated carbocycles. The Morgan fingerprint density at radius 1 is 1.09 bits per heavy atom. The lowest BCUT2D eigenvalue weighted by atomic mass is 10.2. The van der Waals surface area contributed by atoms with Gasteiger partial charge in [0.2, 0.25) is 0 Å². The van der Waals surface area contributed by atoms with Gasteiger partial charge in [-0.25, -0.2) is 0 Å². The fraction of sp³-hybridized carbons (Fsp3) is 0.125.